The van der Waals surface area contributed by atoms with Crippen LogP contribution in [0.15, 0.2) is 70.3 Å². The number of unbranched alkanes of at least 4 members (excludes halogenated alkanes) is 23. The number of hydrazine groups is 2. The van der Waals surface area contributed by atoms with Gasteiger partial charge in [-0.05, 0) is 49.6 Å². The Bertz CT molecular complexity index is 2410. The number of nitrogens with zero attached hydrogens (tertiary/aromatic N) is 12. The fraction of sp³-hybridized carbons (Fsp3) is 0.593. The summed E-state index contributed by atoms with van der Waals surface area (Å²) in [5.74, 6) is 3.76. The van der Waals surface area contributed by atoms with E-state index in [4.69, 9.17) is 44.7 Å². The molecule has 0 aliphatic carbocycles. The third-order valence-electron chi connectivity index (χ3n) is 13.2. The number of nitriles is 2. The minimum Gasteiger partial charge on any atom is -0.494 e. The summed E-state index contributed by atoms with van der Waals surface area (Å²) in [7, 11) is 0. The second-order valence-electron chi connectivity index (χ2n) is 18.8. The molecule has 366 valence electrons. The van der Waals surface area contributed by atoms with Crippen molar-refractivity contribution in [2.24, 2.45) is 39.9 Å². The van der Waals surface area contributed by atoms with Crippen LogP contribution in [0.3, 0.4) is 0 Å². The van der Waals surface area contributed by atoms with Crippen molar-refractivity contribution in [1.29, 1.82) is 10.5 Å². The molecule has 5 aliphatic heterocycles. The van der Waals surface area contributed by atoms with Crippen LogP contribution in [0, 0.1) is 22.7 Å². The van der Waals surface area contributed by atoms with Gasteiger partial charge in [0, 0.05) is 35.3 Å². The predicted octanol–water partition coefficient (Wildman–Crippen LogP) is 11.8. The van der Waals surface area contributed by atoms with Crippen molar-refractivity contribution in [3.8, 4) is 17.9 Å². The van der Waals surface area contributed by atoms with E-state index in [1.54, 1.807) is 12.1 Å². The summed E-state index contributed by atoms with van der Waals surface area (Å²) >= 11 is 0. The Kier molecular flexibility index (Phi) is 19.9. The van der Waals surface area contributed by atoms with Crippen molar-refractivity contribution in [2.45, 2.75) is 188 Å². The number of nitrogens with one attached hydrogen (secondary N) is 2. The molecule has 0 amide bonds. The van der Waals surface area contributed by atoms with Gasteiger partial charge >= 0.3 is 0 Å². The smallest absolute Gasteiger partial charge is 0.249 e. The minimum absolute atomic E-state index is 0.228. The molecule has 2 N–H and O–H groups in total. The Balaban J connectivity index is 1.19. The number of guanidine groups is 4. The Morgan fingerprint density at radius 3 is 1.36 bits per heavy atom. The summed E-state index contributed by atoms with van der Waals surface area (Å²) in [4.78, 5) is 40.0. The van der Waals surface area contributed by atoms with Crippen LogP contribution in [0.1, 0.15) is 221 Å². The number of amidine groups is 4. The summed E-state index contributed by atoms with van der Waals surface area (Å²) in [6.07, 6.45) is 31.6. The van der Waals surface area contributed by atoms with Crippen LogP contribution in [-0.4, -0.2) is 76.9 Å². The maximum atomic E-state index is 10.0. The van der Waals surface area contributed by atoms with E-state index in [0.717, 1.165) is 55.4 Å². The highest BCUT2D eigenvalue weighted by molar-refractivity contribution is 6.29. The largest absolute Gasteiger partial charge is 0.494 e. The normalized spacial score (nSPS) is 15.4. The van der Waals surface area contributed by atoms with Crippen LogP contribution in [-0.2, 0) is 0 Å². The Morgan fingerprint density at radius 1 is 0.420 bits per heavy atom. The van der Waals surface area contributed by atoms with E-state index >= 15 is 0 Å². The van der Waals surface area contributed by atoms with E-state index in [9.17, 15) is 10.5 Å². The molecule has 5 aliphatic rings. The molecule has 69 heavy (non-hydrogen) atoms. The molecular weight excluding hydrogens is 861 g/mol. The Morgan fingerprint density at radius 2 is 0.841 bits per heavy atom. The van der Waals surface area contributed by atoms with Crippen molar-refractivity contribution >= 4 is 47.2 Å². The first-order chi connectivity index (χ1) is 34.0. The number of fused-ring (bicyclic) bond motifs is 10. The summed E-state index contributed by atoms with van der Waals surface area (Å²) in [5.41, 5.74) is 10.0. The topological polar surface area (TPSA) is 186 Å². The number of aliphatic imine (C=N–C) groups is 8. The van der Waals surface area contributed by atoms with Crippen molar-refractivity contribution < 1.29 is 4.74 Å². The van der Waals surface area contributed by atoms with Crippen LogP contribution in [0.25, 0.3) is 0 Å². The molecule has 2 aromatic rings. The molecule has 0 saturated heterocycles. The molecule has 15 heteroatoms. The highest BCUT2D eigenvalue weighted by Crippen LogP contribution is 2.29. The van der Waals surface area contributed by atoms with E-state index < -0.39 is 0 Å². The van der Waals surface area contributed by atoms with E-state index in [1.807, 2.05) is 28.2 Å². The lowest BCUT2D eigenvalue weighted by molar-refractivity contribution is 0.304. The molecule has 15 nitrogen and oxygen atoms in total. The fourth-order valence-electron chi connectivity index (χ4n) is 9.19. The van der Waals surface area contributed by atoms with Gasteiger partial charge in [-0.3, -0.25) is 20.9 Å². The van der Waals surface area contributed by atoms with Gasteiger partial charge in [-0.2, -0.15) is 40.5 Å². The first kappa shape index (κ1) is 50.7. The maximum Gasteiger partial charge on any atom is 0.249 e. The number of hydrogen-bond acceptors (Lipinski definition) is 15. The average molecular weight is 935 g/mol. The van der Waals surface area contributed by atoms with Gasteiger partial charge in [0.15, 0.2) is 23.3 Å². The highest BCUT2D eigenvalue weighted by atomic mass is 16.5. The second-order valence-corrected chi connectivity index (χ2v) is 18.8. The molecule has 2 aromatic carbocycles. The standard InChI is InChI=1S/C54H74N14O/c1-4-7-10-13-16-18-20-22-24-27-32-67-53-61-47-43-31-30-42(69-34-29-26-15-12-9-6-3)37-46(43)50(57-47)62-54-64-52(66-68(54)33-28-25-23-21-19-17-14-11-8-5-2)60-49-45-36-41(39-56)40(38-55)35-44(45)48(58-49)59-51(63-53)65-67/h30-31,35-37H,4-29,32-34H2,1-3H3,(H2,57,58,59,60,61,62,63,64,65,66). The molecule has 0 unspecified atom stereocenters. The van der Waals surface area contributed by atoms with Gasteiger partial charge in [0.2, 0.25) is 23.8 Å². The van der Waals surface area contributed by atoms with Crippen LogP contribution >= 0.6 is 0 Å². The summed E-state index contributed by atoms with van der Waals surface area (Å²) in [6.45, 7) is 8.70. The Labute approximate surface area is 410 Å². The third kappa shape index (κ3) is 14.4. The van der Waals surface area contributed by atoms with Crippen LogP contribution in [0.5, 0.6) is 5.75 Å². The van der Waals surface area contributed by atoms with E-state index in [0.29, 0.717) is 78.0 Å². The predicted molar refractivity (Wildman–Crippen MR) is 280 cm³/mol. The lowest BCUT2D eigenvalue weighted by Gasteiger charge is -2.18. The molecule has 0 atom stereocenters. The lowest BCUT2D eigenvalue weighted by Crippen LogP contribution is -2.39. The monoisotopic (exact) mass is 935 g/mol. The molecule has 5 heterocycles. The molecule has 0 aromatic heterocycles. The van der Waals surface area contributed by atoms with Crippen LogP contribution in [0.2, 0.25) is 0 Å². The van der Waals surface area contributed by atoms with Crippen molar-refractivity contribution in [3.05, 3.63) is 63.7 Å². The average Bonchev–Trinajstić information content (AvgIpc) is 4.12. The summed E-state index contributed by atoms with van der Waals surface area (Å²) < 4.78 is 6.33. The molecule has 0 radical (unpaired) electrons. The maximum absolute atomic E-state index is 10.0. The quantitative estimate of drug-likeness (QED) is 0.0729. The highest BCUT2D eigenvalue weighted by Gasteiger charge is 2.32. The Hall–Kier alpha value is -6.22. The van der Waals surface area contributed by atoms with Crippen LogP contribution < -0.4 is 15.6 Å². The van der Waals surface area contributed by atoms with E-state index in [2.05, 4.69) is 43.8 Å². The molecular formula is C54H74N14O. The molecule has 0 spiro atoms. The zero-order chi connectivity index (χ0) is 48.0. The van der Waals surface area contributed by atoms with Crippen molar-refractivity contribution in [1.82, 2.24) is 20.9 Å². The zero-order valence-electron chi connectivity index (χ0n) is 41.7. The van der Waals surface area contributed by atoms with Crippen molar-refractivity contribution in [2.75, 3.05) is 19.7 Å². The van der Waals surface area contributed by atoms with Gasteiger partial charge in [-0.15, -0.1) is 0 Å². The number of benzene rings is 2. The first-order valence-electron chi connectivity index (χ1n) is 26.6. The number of hydrogen-bond donors (Lipinski definition) is 2. The SMILES string of the molecule is CCCCCCCCCCCCN1NC2=NC3=NC(=NC4=NC(=NC5=NC(=NC1=N2)c1cc(OCCCCCCCC)ccc15)N(CCCCCCCCCCCC)N4)c1cc(C#N)c(C#N)cc13. The minimum atomic E-state index is 0.228. The third-order valence-corrected chi connectivity index (χ3v) is 13.2. The van der Waals surface area contributed by atoms with E-state index in [1.165, 1.54) is 128 Å². The summed E-state index contributed by atoms with van der Waals surface area (Å²) in [6, 6.07) is 13.7. The van der Waals surface area contributed by atoms with Gasteiger partial charge in [0.25, 0.3) is 0 Å². The van der Waals surface area contributed by atoms with Crippen LogP contribution in [0.4, 0.5) is 0 Å². The lowest BCUT2D eigenvalue weighted by atomic mass is 10.00. The van der Waals surface area contributed by atoms with Gasteiger partial charge in [0.1, 0.15) is 17.9 Å². The second kappa shape index (κ2) is 27.1. The summed E-state index contributed by atoms with van der Waals surface area (Å²) in [5, 5.41) is 23.9. The number of ether oxygens (including phenoxy) is 1. The molecule has 8 bridgehead atoms. The fourth-order valence-corrected chi connectivity index (χ4v) is 9.19. The molecule has 7 rings (SSSR count). The van der Waals surface area contributed by atoms with Gasteiger partial charge < -0.3 is 4.74 Å². The number of rotatable bonds is 30. The first-order valence-corrected chi connectivity index (χ1v) is 26.6. The van der Waals surface area contributed by atoms with Gasteiger partial charge in [-0.1, -0.05) is 168 Å². The van der Waals surface area contributed by atoms with Gasteiger partial charge in [-0.25, -0.2) is 9.98 Å². The van der Waals surface area contributed by atoms with Gasteiger partial charge in [0.05, 0.1) is 17.7 Å². The molecule has 0 fully saturated rings. The zero-order valence-corrected chi connectivity index (χ0v) is 41.7. The molecule has 0 saturated carbocycles. The van der Waals surface area contributed by atoms with E-state index in [-0.39, 0.29) is 11.1 Å². The van der Waals surface area contributed by atoms with Crippen molar-refractivity contribution in [3.63, 3.8) is 0 Å².